The molecule has 4 rings (SSSR count). The first-order chi connectivity index (χ1) is 17.2. The van der Waals surface area contributed by atoms with Crippen LogP contribution in [0.4, 0.5) is 22.7 Å². The fraction of sp³-hybridized carbons (Fsp3) is 0.214. The number of carbonyl (C=O) groups is 2. The molecule has 0 atom stereocenters. The van der Waals surface area contributed by atoms with Gasteiger partial charge in [0.25, 0.3) is 0 Å². The number of nitrogens with two attached hydrogens (primary N) is 2. The third kappa shape index (κ3) is 5.34. The highest BCUT2D eigenvalue weighted by atomic mass is 35.5. The molecule has 37 heavy (non-hydrogen) atoms. The largest absolute Gasteiger partial charge is 0.398 e. The highest BCUT2D eigenvalue weighted by Gasteiger charge is 2.43. The predicted octanol–water partition coefficient (Wildman–Crippen LogP) is 5.54. The van der Waals surface area contributed by atoms with Gasteiger partial charge >= 0.3 is 0 Å². The van der Waals surface area contributed by atoms with Gasteiger partial charge in [0.2, 0.25) is 11.8 Å². The van der Waals surface area contributed by atoms with Gasteiger partial charge in [-0.25, -0.2) is 0 Å². The molecule has 2 heterocycles. The van der Waals surface area contributed by atoms with Crippen molar-refractivity contribution in [2.45, 2.75) is 33.6 Å². The molecular formula is C28H31ClN6O2. The maximum atomic E-state index is 13.6. The molecule has 8 nitrogen and oxygen atoms in total. The van der Waals surface area contributed by atoms with Crippen LogP contribution in [0, 0.1) is 19.3 Å². The van der Waals surface area contributed by atoms with E-state index in [1.165, 1.54) is 0 Å². The second kappa shape index (κ2) is 10.8. The topological polar surface area (TPSA) is 136 Å². The Morgan fingerprint density at radius 3 is 1.68 bits per heavy atom. The summed E-state index contributed by atoms with van der Waals surface area (Å²) >= 11 is 0. The van der Waals surface area contributed by atoms with Crippen LogP contribution in [0.25, 0.3) is 21.8 Å². The summed E-state index contributed by atoms with van der Waals surface area (Å²) in [6.07, 6.45) is 2.01. The number of pyridine rings is 2. The summed E-state index contributed by atoms with van der Waals surface area (Å²) in [6, 6.07) is 14.2. The minimum atomic E-state index is -1.38. The summed E-state index contributed by atoms with van der Waals surface area (Å²) in [5.74, 6) is -0.865. The van der Waals surface area contributed by atoms with Gasteiger partial charge in [-0.05, 0) is 75.2 Å². The summed E-state index contributed by atoms with van der Waals surface area (Å²) in [4.78, 5) is 36.1. The number of nitrogens with zero attached hydrogens (tertiary/aromatic N) is 2. The Labute approximate surface area is 222 Å². The molecule has 6 N–H and O–H groups in total. The molecule has 0 aliphatic heterocycles. The summed E-state index contributed by atoms with van der Waals surface area (Å²) in [5.41, 5.74) is 16.2. The van der Waals surface area contributed by atoms with Crippen molar-refractivity contribution in [1.29, 1.82) is 0 Å². The molecule has 0 aliphatic carbocycles. The van der Waals surface area contributed by atoms with E-state index in [1.807, 2.05) is 13.8 Å². The van der Waals surface area contributed by atoms with Crippen molar-refractivity contribution in [3.63, 3.8) is 0 Å². The number of nitrogen functional groups attached to an aromatic ring is 2. The summed E-state index contributed by atoms with van der Waals surface area (Å²) < 4.78 is 0. The lowest BCUT2D eigenvalue weighted by atomic mass is 9.79. The van der Waals surface area contributed by atoms with E-state index in [0.717, 1.165) is 33.2 Å². The molecule has 0 aliphatic rings. The van der Waals surface area contributed by atoms with Gasteiger partial charge < -0.3 is 22.1 Å². The van der Waals surface area contributed by atoms with Gasteiger partial charge in [0.15, 0.2) is 0 Å². The van der Waals surface area contributed by atoms with E-state index in [-0.39, 0.29) is 25.2 Å². The van der Waals surface area contributed by atoms with E-state index in [4.69, 9.17) is 11.5 Å². The SMILES string of the molecule is C=CCC(CC)(C(=O)Nc1ccc2nc(C)cc(N)c2c1)C(=O)Nc1ccc2nc(C)cc(N)c2c1.Cl. The highest BCUT2D eigenvalue weighted by molar-refractivity contribution is 6.15. The summed E-state index contributed by atoms with van der Waals surface area (Å²) in [6.45, 7) is 9.33. The van der Waals surface area contributed by atoms with Crippen molar-refractivity contribution >= 4 is 68.8 Å². The lowest BCUT2D eigenvalue weighted by Crippen LogP contribution is -2.45. The van der Waals surface area contributed by atoms with Crippen LogP contribution in [0.5, 0.6) is 0 Å². The average molecular weight is 519 g/mol. The van der Waals surface area contributed by atoms with Crippen LogP contribution in [0.3, 0.4) is 0 Å². The number of benzene rings is 2. The number of aromatic nitrogens is 2. The van der Waals surface area contributed by atoms with Crippen molar-refractivity contribution in [2.24, 2.45) is 5.41 Å². The third-order valence-corrected chi connectivity index (χ3v) is 6.42. The monoisotopic (exact) mass is 518 g/mol. The Bertz CT molecular complexity index is 1410. The standard InChI is InChI=1S/C28H30N6O2.ClH/c1-5-11-28(6-2,26(35)33-18-7-9-24-20(14-18)22(29)12-16(3)31-24)27(36)34-19-8-10-25-21(15-19)23(30)13-17(4)32-25;/h5,7-10,12-15H,1,6,11H2,2-4H3,(H2,29,31)(H2,30,32)(H,33,35)(H,34,36);1H. The maximum absolute atomic E-state index is 13.6. The van der Waals surface area contributed by atoms with Crippen LogP contribution in [0.1, 0.15) is 31.2 Å². The smallest absolute Gasteiger partial charge is 0.240 e. The van der Waals surface area contributed by atoms with Crippen molar-refractivity contribution in [1.82, 2.24) is 9.97 Å². The molecule has 2 amide bonds. The zero-order valence-corrected chi connectivity index (χ0v) is 21.9. The molecule has 0 fully saturated rings. The molecule has 2 aromatic carbocycles. The van der Waals surface area contributed by atoms with Gasteiger partial charge in [-0.2, -0.15) is 0 Å². The number of anilines is 4. The van der Waals surface area contributed by atoms with E-state index in [9.17, 15) is 9.59 Å². The lowest BCUT2D eigenvalue weighted by molar-refractivity contribution is -0.137. The van der Waals surface area contributed by atoms with Crippen LogP contribution >= 0.6 is 12.4 Å². The lowest BCUT2D eigenvalue weighted by Gasteiger charge is -2.29. The zero-order valence-electron chi connectivity index (χ0n) is 21.1. The number of aryl methyl sites for hydroxylation is 2. The Morgan fingerprint density at radius 1 is 0.865 bits per heavy atom. The predicted molar refractivity (Wildman–Crippen MR) is 154 cm³/mol. The van der Waals surface area contributed by atoms with Gasteiger partial charge in [0.05, 0.1) is 11.0 Å². The van der Waals surface area contributed by atoms with Crippen LogP contribution in [0.15, 0.2) is 61.2 Å². The first kappa shape index (κ1) is 27.4. The van der Waals surface area contributed by atoms with Crippen molar-refractivity contribution in [3.05, 3.63) is 72.6 Å². The molecule has 0 saturated heterocycles. The first-order valence-electron chi connectivity index (χ1n) is 11.7. The third-order valence-electron chi connectivity index (χ3n) is 6.42. The molecule has 2 aromatic heterocycles. The van der Waals surface area contributed by atoms with E-state index in [2.05, 4.69) is 27.2 Å². The van der Waals surface area contributed by atoms with Crippen LogP contribution < -0.4 is 22.1 Å². The number of amides is 2. The normalized spacial score (nSPS) is 11.1. The van der Waals surface area contributed by atoms with Crippen molar-refractivity contribution in [2.75, 3.05) is 22.1 Å². The highest BCUT2D eigenvalue weighted by Crippen LogP contribution is 2.33. The van der Waals surface area contributed by atoms with Gasteiger partial charge in [-0.3, -0.25) is 19.6 Å². The molecule has 192 valence electrons. The number of rotatable bonds is 7. The van der Waals surface area contributed by atoms with Crippen LogP contribution in [-0.4, -0.2) is 21.8 Å². The van der Waals surface area contributed by atoms with Gasteiger partial charge in [-0.15, -0.1) is 19.0 Å². The fourth-order valence-corrected chi connectivity index (χ4v) is 4.44. The minimum Gasteiger partial charge on any atom is -0.398 e. The number of nitrogens with one attached hydrogen (secondary N) is 2. The van der Waals surface area contributed by atoms with E-state index in [1.54, 1.807) is 61.5 Å². The molecule has 0 bridgehead atoms. The zero-order chi connectivity index (χ0) is 26.0. The Balaban J connectivity index is 0.00000380. The molecule has 0 unspecified atom stereocenters. The van der Waals surface area contributed by atoms with Crippen molar-refractivity contribution < 1.29 is 9.59 Å². The fourth-order valence-electron chi connectivity index (χ4n) is 4.44. The quantitative estimate of drug-likeness (QED) is 0.187. The second-order valence-electron chi connectivity index (χ2n) is 9.01. The number of carbonyl (C=O) groups excluding carboxylic acids is 2. The maximum Gasteiger partial charge on any atom is 0.240 e. The van der Waals surface area contributed by atoms with Gasteiger partial charge in [0, 0.05) is 44.9 Å². The Kier molecular flexibility index (Phi) is 8.03. The number of halogens is 1. The number of hydrogen-bond acceptors (Lipinski definition) is 6. The molecule has 9 heteroatoms. The molecule has 0 spiro atoms. The summed E-state index contributed by atoms with van der Waals surface area (Å²) in [7, 11) is 0. The molecule has 0 radical (unpaired) electrons. The Morgan fingerprint density at radius 2 is 1.30 bits per heavy atom. The average Bonchev–Trinajstić information content (AvgIpc) is 2.83. The van der Waals surface area contributed by atoms with Crippen LogP contribution in [0.2, 0.25) is 0 Å². The van der Waals surface area contributed by atoms with Crippen LogP contribution in [-0.2, 0) is 9.59 Å². The van der Waals surface area contributed by atoms with E-state index in [0.29, 0.717) is 22.7 Å². The Hall–Kier alpha value is -4.17. The van der Waals surface area contributed by atoms with E-state index < -0.39 is 17.2 Å². The van der Waals surface area contributed by atoms with E-state index >= 15 is 0 Å². The minimum absolute atomic E-state index is 0. The summed E-state index contributed by atoms with van der Waals surface area (Å²) in [5, 5.41) is 7.26. The molecule has 4 aromatic rings. The second-order valence-corrected chi connectivity index (χ2v) is 9.01. The van der Waals surface area contributed by atoms with Gasteiger partial charge in [0.1, 0.15) is 5.41 Å². The number of allylic oxidation sites excluding steroid dienone is 1. The molecular weight excluding hydrogens is 488 g/mol. The van der Waals surface area contributed by atoms with Crippen molar-refractivity contribution in [3.8, 4) is 0 Å². The first-order valence-corrected chi connectivity index (χ1v) is 11.7. The van der Waals surface area contributed by atoms with Gasteiger partial charge in [-0.1, -0.05) is 13.0 Å². The molecule has 0 saturated carbocycles. The number of hydrogen-bond donors (Lipinski definition) is 4. The number of fused-ring (bicyclic) bond motifs is 2.